The van der Waals surface area contributed by atoms with Crippen LogP contribution < -0.4 is 14.8 Å². The summed E-state index contributed by atoms with van der Waals surface area (Å²) in [7, 11) is 3.12. The molecule has 6 heteroatoms. The Bertz CT molecular complexity index is 697. The monoisotopic (exact) mass is 329 g/mol. The molecule has 0 saturated heterocycles. The third kappa shape index (κ3) is 5.01. The van der Waals surface area contributed by atoms with Crippen LogP contribution in [0.3, 0.4) is 0 Å². The van der Waals surface area contributed by atoms with Gasteiger partial charge >= 0.3 is 5.97 Å². The third-order valence-corrected chi connectivity index (χ3v) is 3.28. The van der Waals surface area contributed by atoms with Gasteiger partial charge in [0.1, 0.15) is 24.7 Å². The summed E-state index contributed by atoms with van der Waals surface area (Å²) in [5.74, 6) is 0.483. The SMILES string of the molecule is COc1ccc(C(=O)NCC(=O)OCc2cccc(OC)c2)cc1. The minimum absolute atomic E-state index is 0.119. The number of methoxy groups -OCH3 is 2. The van der Waals surface area contributed by atoms with Gasteiger partial charge in [0.05, 0.1) is 14.2 Å². The van der Waals surface area contributed by atoms with E-state index >= 15 is 0 Å². The molecular weight excluding hydrogens is 310 g/mol. The van der Waals surface area contributed by atoms with Crippen LogP contribution >= 0.6 is 0 Å². The molecule has 1 amide bonds. The van der Waals surface area contributed by atoms with Crippen molar-refractivity contribution >= 4 is 11.9 Å². The van der Waals surface area contributed by atoms with Crippen LogP contribution in [-0.2, 0) is 16.1 Å². The number of benzene rings is 2. The standard InChI is InChI=1S/C18H19NO5/c1-22-15-8-6-14(7-9-15)18(21)19-11-17(20)24-12-13-4-3-5-16(10-13)23-2/h3-10H,11-12H2,1-2H3,(H,19,21). The molecule has 2 aromatic carbocycles. The molecule has 0 atom stereocenters. The van der Waals surface area contributed by atoms with Crippen LogP contribution in [0.15, 0.2) is 48.5 Å². The molecule has 0 radical (unpaired) electrons. The third-order valence-electron chi connectivity index (χ3n) is 3.28. The molecule has 0 spiro atoms. The van der Waals surface area contributed by atoms with Crippen molar-refractivity contribution in [1.82, 2.24) is 5.32 Å². The van der Waals surface area contributed by atoms with Crippen LogP contribution in [0.5, 0.6) is 11.5 Å². The molecule has 2 rings (SSSR count). The van der Waals surface area contributed by atoms with Crippen molar-refractivity contribution in [2.45, 2.75) is 6.61 Å². The highest BCUT2D eigenvalue weighted by Gasteiger charge is 2.09. The number of hydrogen-bond donors (Lipinski definition) is 1. The van der Waals surface area contributed by atoms with Gasteiger partial charge in [0.15, 0.2) is 0 Å². The molecule has 0 saturated carbocycles. The van der Waals surface area contributed by atoms with Crippen molar-refractivity contribution in [1.29, 1.82) is 0 Å². The van der Waals surface area contributed by atoms with E-state index in [1.54, 1.807) is 50.6 Å². The molecule has 0 unspecified atom stereocenters. The zero-order chi connectivity index (χ0) is 17.4. The Hall–Kier alpha value is -3.02. The Morgan fingerprint density at radius 2 is 1.67 bits per heavy atom. The Balaban J connectivity index is 1.78. The second-order valence-electron chi connectivity index (χ2n) is 4.92. The van der Waals surface area contributed by atoms with Crippen LogP contribution in [0.2, 0.25) is 0 Å². The largest absolute Gasteiger partial charge is 0.497 e. The summed E-state index contributed by atoms with van der Waals surface area (Å²) in [5, 5.41) is 2.52. The zero-order valence-electron chi connectivity index (χ0n) is 13.6. The van der Waals surface area contributed by atoms with Gasteiger partial charge in [-0.15, -0.1) is 0 Å². The van der Waals surface area contributed by atoms with E-state index in [-0.39, 0.29) is 19.1 Å². The Morgan fingerprint density at radius 3 is 2.33 bits per heavy atom. The van der Waals surface area contributed by atoms with Crippen molar-refractivity contribution in [2.75, 3.05) is 20.8 Å². The van der Waals surface area contributed by atoms with E-state index in [0.29, 0.717) is 17.1 Å². The van der Waals surface area contributed by atoms with Crippen molar-refractivity contribution in [3.8, 4) is 11.5 Å². The van der Waals surface area contributed by atoms with Gasteiger partial charge in [-0.05, 0) is 42.0 Å². The number of esters is 1. The predicted molar refractivity (Wildman–Crippen MR) is 88.1 cm³/mol. The topological polar surface area (TPSA) is 73.9 Å². The van der Waals surface area contributed by atoms with E-state index < -0.39 is 5.97 Å². The quantitative estimate of drug-likeness (QED) is 0.788. The molecule has 2 aromatic rings. The summed E-state index contributed by atoms with van der Waals surface area (Å²) in [4.78, 5) is 23.6. The highest BCUT2D eigenvalue weighted by molar-refractivity contribution is 5.96. The molecule has 0 aliphatic carbocycles. The average Bonchev–Trinajstić information content (AvgIpc) is 2.64. The number of hydrogen-bond acceptors (Lipinski definition) is 5. The summed E-state index contributed by atoms with van der Waals surface area (Å²) in [6.07, 6.45) is 0. The van der Waals surface area contributed by atoms with Gasteiger partial charge in [0.2, 0.25) is 0 Å². The van der Waals surface area contributed by atoms with Crippen LogP contribution in [0.1, 0.15) is 15.9 Å². The number of nitrogens with one attached hydrogen (secondary N) is 1. The maximum Gasteiger partial charge on any atom is 0.325 e. The first kappa shape index (κ1) is 17.3. The molecule has 0 aromatic heterocycles. The van der Waals surface area contributed by atoms with E-state index in [4.69, 9.17) is 14.2 Å². The highest BCUT2D eigenvalue weighted by atomic mass is 16.5. The van der Waals surface area contributed by atoms with E-state index in [1.807, 2.05) is 12.1 Å². The van der Waals surface area contributed by atoms with Crippen molar-refractivity contribution < 1.29 is 23.8 Å². The molecule has 126 valence electrons. The Morgan fingerprint density at radius 1 is 0.958 bits per heavy atom. The molecule has 0 bridgehead atoms. The van der Waals surface area contributed by atoms with Gasteiger partial charge in [-0.1, -0.05) is 12.1 Å². The van der Waals surface area contributed by atoms with Crippen molar-refractivity contribution in [3.63, 3.8) is 0 Å². The lowest BCUT2D eigenvalue weighted by Crippen LogP contribution is -2.30. The second kappa shape index (κ2) is 8.57. The first-order valence-electron chi connectivity index (χ1n) is 7.33. The average molecular weight is 329 g/mol. The molecular formula is C18H19NO5. The molecule has 24 heavy (non-hydrogen) atoms. The summed E-state index contributed by atoms with van der Waals surface area (Å²) in [6, 6.07) is 13.8. The smallest absolute Gasteiger partial charge is 0.325 e. The molecule has 0 fully saturated rings. The first-order valence-corrected chi connectivity index (χ1v) is 7.33. The lowest BCUT2D eigenvalue weighted by atomic mass is 10.2. The second-order valence-corrected chi connectivity index (χ2v) is 4.92. The molecule has 0 aliphatic heterocycles. The lowest BCUT2D eigenvalue weighted by Gasteiger charge is -2.08. The molecule has 0 aliphatic rings. The summed E-state index contributed by atoms with van der Waals surface area (Å²) >= 11 is 0. The number of carbonyl (C=O) groups excluding carboxylic acids is 2. The Kier molecular flexibility index (Phi) is 6.19. The number of rotatable bonds is 7. The summed E-state index contributed by atoms with van der Waals surface area (Å²) in [6.45, 7) is -0.0801. The van der Waals surface area contributed by atoms with Crippen molar-refractivity contribution in [3.05, 3.63) is 59.7 Å². The van der Waals surface area contributed by atoms with E-state index in [2.05, 4.69) is 5.32 Å². The van der Waals surface area contributed by atoms with Gasteiger partial charge in [0, 0.05) is 5.56 Å². The fourth-order valence-corrected chi connectivity index (χ4v) is 1.97. The van der Waals surface area contributed by atoms with E-state index in [0.717, 1.165) is 5.56 Å². The minimum atomic E-state index is -0.514. The van der Waals surface area contributed by atoms with Crippen LogP contribution in [0.25, 0.3) is 0 Å². The van der Waals surface area contributed by atoms with Gasteiger partial charge in [-0.3, -0.25) is 9.59 Å². The number of carbonyl (C=O) groups is 2. The van der Waals surface area contributed by atoms with Crippen LogP contribution in [0, 0.1) is 0 Å². The van der Waals surface area contributed by atoms with Gasteiger partial charge in [-0.25, -0.2) is 0 Å². The minimum Gasteiger partial charge on any atom is -0.497 e. The summed E-state index contributed by atoms with van der Waals surface area (Å²) < 4.78 is 15.2. The number of amides is 1. The normalized spacial score (nSPS) is 9.92. The maximum absolute atomic E-state index is 11.9. The fraction of sp³-hybridized carbons (Fsp3) is 0.222. The first-order chi connectivity index (χ1) is 11.6. The predicted octanol–water partition coefficient (Wildman–Crippen LogP) is 2.18. The van der Waals surface area contributed by atoms with Crippen LogP contribution in [-0.4, -0.2) is 32.6 Å². The number of ether oxygens (including phenoxy) is 3. The lowest BCUT2D eigenvalue weighted by molar-refractivity contribution is -0.143. The highest BCUT2D eigenvalue weighted by Crippen LogP contribution is 2.13. The summed E-state index contributed by atoms with van der Waals surface area (Å²) in [5.41, 5.74) is 1.25. The molecule has 1 N–H and O–H groups in total. The molecule has 0 heterocycles. The van der Waals surface area contributed by atoms with E-state index in [1.165, 1.54) is 0 Å². The maximum atomic E-state index is 11.9. The van der Waals surface area contributed by atoms with Gasteiger partial charge in [0.25, 0.3) is 5.91 Å². The van der Waals surface area contributed by atoms with Gasteiger partial charge < -0.3 is 19.5 Å². The van der Waals surface area contributed by atoms with Crippen LogP contribution in [0.4, 0.5) is 0 Å². The molecule has 6 nitrogen and oxygen atoms in total. The van der Waals surface area contributed by atoms with Gasteiger partial charge in [-0.2, -0.15) is 0 Å². The van der Waals surface area contributed by atoms with E-state index in [9.17, 15) is 9.59 Å². The Labute approximate surface area is 140 Å². The zero-order valence-corrected chi connectivity index (χ0v) is 13.6. The fourth-order valence-electron chi connectivity index (χ4n) is 1.97. The van der Waals surface area contributed by atoms with Crippen molar-refractivity contribution in [2.24, 2.45) is 0 Å².